The first kappa shape index (κ1) is 43.5. The zero-order valence-electron chi connectivity index (χ0n) is 31.5. The summed E-state index contributed by atoms with van der Waals surface area (Å²) < 4.78 is 39.3. The summed E-state index contributed by atoms with van der Waals surface area (Å²) in [5.41, 5.74) is -1.16. The number of ether oxygens (including phenoxy) is 6. The van der Waals surface area contributed by atoms with Gasteiger partial charge in [-0.15, -0.1) is 0 Å². The number of carboxylic acids is 1. The van der Waals surface area contributed by atoms with Gasteiger partial charge in [-0.2, -0.15) is 0 Å². The molecule has 5 aliphatic heterocycles. The maximum Gasteiger partial charge on any atom is 1.00 e. The zero-order chi connectivity index (χ0) is 34.7. The van der Waals surface area contributed by atoms with Crippen molar-refractivity contribution in [1.82, 2.24) is 0 Å². The van der Waals surface area contributed by atoms with E-state index in [1.54, 1.807) is 6.92 Å². The molecule has 1 unspecified atom stereocenters. The summed E-state index contributed by atoms with van der Waals surface area (Å²) in [5, 5.41) is 43.9. The monoisotopic (exact) mass is 710 g/mol. The number of aliphatic hydroxyl groups excluding tert-OH is 2. The number of carbonyl (C=O) groups is 1. The van der Waals surface area contributed by atoms with E-state index < -0.39 is 59.6 Å². The van der Waals surface area contributed by atoms with Crippen LogP contribution in [0.1, 0.15) is 107 Å². The van der Waals surface area contributed by atoms with E-state index in [0.717, 1.165) is 32.1 Å². The molecule has 0 aromatic heterocycles. The van der Waals surface area contributed by atoms with Gasteiger partial charge >= 0.3 is 29.6 Å². The van der Waals surface area contributed by atoms with Gasteiger partial charge in [-0.1, -0.05) is 48.5 Å². The van der Waals surface area contributed by atoms with Gasteiger partial charge in [0, 0.05) is 49.6 Å². The number of rotatable bonds is 10. The fourth-order valence-electron chi connectivity index (χ4n) is 9.91. The molecule has 13 heteroatoms. The molecule has 12 nitrogen and oxygen atoms in total. The van der Waals surface area contributed by atoms with E-state index in [4.69, 9.17) is 28.4 Å². The van der Waals surface area contributed by atoms with E-state index in [1.165, 1.54) is 7.11 Å². The van der Waals surface area contributed by atoms with E-state index in [0.29, 0.717) is 19.3 Å². The second kappa shape index (κ2) is 16.2. The average Bonchev–Trinajstić information content (AvgIpc) is 3.73. The van der Waals surface area contributed by atoms with Crippen LogP contribution in [0.3, 0.4) is 0 Å². The molecule has 5 heterocycles. The topological polar surface area (TPSA) is 188 Å². The summed E-state index contributed by atoms with van der Waals surface area (Å²) in [7, 11) is 1.50. The Hall–Kier alpha value is 0.0700. The van der Waals surface area contributed by atoms with E-state index in [2.05, 4.69) is 27.7 Å². The van der Waals surface area contributed by atoms with Crippen molar-refractivity contribution in [3.63, 3.8) is 0 Å². The second-order valence-corrected chi connectivity index (χ2v) is 16.3. The summed E-state index contributed by atoms with van der Waals surface area (Å²) in [4.78, 5) is 11.7. The predicted octanol–water partition coefficient (Wildman–Crippen LogP) is -0.882. The fourth-order valence-corrected chi connectivity index (χ4v) is 9.91. The smallest absolute Gasteiger partial charge is 0.550 e. The Morgan fingerprint density at radius 2 is 1.71 bits per heavy atom. The van der Waals surface area contributed by atoms with Crippen LogP contribution in [0.25, 0.3) is 0 Å². The summed E-state index contributed by atoms with van der Waals surface area (Å²) in [5.74, 6) is -4.97. The summed E-state index contributed by atoms with van der Waals surface area (Å²) in [6, 6.07) is 0. The fraction of sp³-hybridized carbons (Fsp3) is 0.972. The van der Waals surface area contributed by atoms with Gasteiger partial charge in [-0.25, -0.2) is 0 Å². The molecule has 0 bridgehead atoms. The van der Waals surface area contributed by atoms with Gasteiger partial charge in [0.2, 0.25) is 0 Å². The SMILES string of the molecule is CC[C@@]1([C@H]2O[C@@H]([C@H]3O[C@@](O)(CO)[C@H](C)C[C@@H]3C)C[C@@H]2C)CC[C@H]([C@]2(C)CC[C@]3(C[C@H](O)[C@@H](C)[C@@H]([C@@H](C)[C@@H](OC)C(C)C(=O)[O-])O3)O2)O1.O.[Na+]. The van der Waals surface area contributed by atoms with Gasteiger partial charge < -0.3 is 59.1 Å². The van der Waals surface area contributed by atoms with Crippen LogP contribution < -0.4 is 34.7 Å². The minimum Gasteiger partial charge on any atom is -0.550 e. The second-order valence-electron chi connectivity index (χ2n) is 16.3. The first-order valence-corrected chi connectivity index (χ1v) is 18.1. The molecule has 5 saturated heterocycles. The van der Waals surface area contributed by atoms with Gasteiger partial charge in [0.05, 0.1) is 60.5 Å². The molecule has 1 spiro atoms. The van der Waals surface area contributed by atoms with Crippen LogP contribution >= 0.6 is 0 Å². The predicted molar refractivity (Wildman–Crippen MR) is 173 cm³/mol. The maximum absolute atomic E-state index is 11.7. The summed E-state index contributed by atoms with van der Waals surface area (Å²) in [6.45, 7) is 15.4. The van der Waals surface area contributed by atoms with E-state index in [9.17, 15) is 25.2 Å². The summed E-state index contributed by atoms with van der Waals surface area (Å²) >= 11 is 0. The number of methoxy groups -OCH3 is 1. The molecule has 5 N–H and O–H groups in total. The standard InChI is InChI=1S/C36H62O11.Na.H2O/c1-10-34(31-20(3)16-26(43-31)28-19(2)15-21(4)36(41,18-37)46-28)12-11-27(44-34)33(8)13-14-35(47-33)17-25(38)22(5)30(45-35)23(6)29(42-9)24(7)32(39)40;;/h19-31,37-38,41H,10-18H2,1-9H3,(H,39,40);;1H2/q;+1;/p-1/t19-,20-,21+,22+,23-,24?,25-,26+,27+,28-,29+,30-,31-,33-,34-,35+,36-;;/m0../s1. The number of carbonyl (C=O) groups excluding carboxylic acids is 1. The minimum absolute atomic E-state index is 0. The third kappa shape index (κ3) is 7.98. The van der Waals surface area contributed by atoms with Crippen LogP contribution in [0.5, 0.6) is 0 Å². The van der Waals surface area contributed by atoms with Crippen molar-refractivity contribution in [3.8, 4) is 0 Å². The maximum atomic E-state index is 11.7. The number of hydrogen-bond donors (Lipinski definition) is 3. The Balaban J connectivity index is 0.00000325. The quantitative estimate of drug-likeness (QED) is 0.239. The first-order chi connectivity index (χ1) is 22.0. The third-order valence-corrected chi connectivity index (χ3v) is 13.0. The van der Waals surface area contributed by atoms with Crippen LogP contribution in [-0.4, -0.2) is 106 Å². The Morgan fingerprint density at radius 1 is 1.04 bits per heavy atom. The van der Waals surface area contributed by atoms with Gasteiger partial charge in [-0.05, 0) is 57.3 Å². The van der Waals surface area contributed by atoms with Crippen molar-refractivity contribution in [1.29, 1.82) is 0 Å². The van der Waals surface area contributed by atoms with Crippen molar-refractivity contribution in [2.45, 2.75) is 172 Å². The van der Waals surface area contributed by atoms with Crippen molar-refractivity contribution in [2.24, 2.45) is 35.5 Å². The normalized spacial score (nSPS) is 48.8. The van der Waals surface area contributed by atoms with E-state index in [1.807, 2.05) is 20.8 Å². The molecule has 0 aromatic rings. The first-order valence-electron chi connectivity index (χ1n) is 18.1. The van der Waals surface area contributed by atoms with Gasteiger partial charge in [0.25, 0.3) is 0 Å². The minimum atomic E-state index is -1.57. The van der Waals surface area contributed by atoms with Crippen LogP contribution in [0.4, 0.5) is 0 Å². The number of hydrogen-bond acceptors (Lipinski definition) is 11. The van der Waals surface area contributed by atoms with Gasteiger partial charge in [0.1, 0.15) is 0 Å². The van der Waals surface area contributed by atoms with E-state index >= 15 is 0 Å². The van der Waals surface area contributed by atoms with Crippen LogP contribution in [0, 0.1) is 35.5 Å². The van der Waals surface area contributed by atoms with Crippen LogP contribution in [0.15, 0.2) is 0 Å². The van der Waals surface area contributed by atoms with Gasteiger partial charge in [0.15, 0.2) is 11.6 Å². The molecule has 0 aliphatic carbocycles. The Labute approximate surface area is 314 Å². The van der Waals surface area contributed by atoms with Crippen molar-refractivity contribution < 1.29 is 88.7 Å². The molecule has 17 atom stereocenters. The molecule has 0 saturated carbocycles. The van der Waals surface area contributed by atoms with Crippen LogP contribution in [0.2, 0.25) is 0 Å². The third-order valence-electron chi connectivity index (χ3n) is 13.0. The Morgan fingerprint density at radius 3 is 2.31 bits per heavy atom. The van der Waals surface area contributed by atoms with Crippen molar-refractivity contribution in [2.75, 3.05) is 13.7 Å². The molecule has 0 aromatic carbocycles. The Kier molecular flexibility index (Phi) is 14.4. The largest absolute Gasteiger partial charge is 1.00 e. The molecule has 5 aliphatic rings. The Bertz CT molecular complexity index is 1120. The number of carboxylic acid groups (broad SMARTS) is 1. The zero-order valence-corrected chi connectivity index (χ0v) is 33.5. The summed E-state index contributed by atoms with van der Waals surface area (Å²) in [6.07, 6.45) is 2.81. The molecule has 0 amide bonds. The molecule has 5 fully saturated rings. The molecular weight excluding hydrogens is 647 g/mol. The van der Waals surface area contributed by atoms with Gasteiger partial charge in [-0.3, -0.25) is 0 Å². The average molecular weight is 711 g/mol. The molecule has 49 heavy (non-hydrogen) atoms. The van der Waals surface area contributed by atoms with E-state index in [-0.39, 0.29) is 89.0 Å². The molecular formula is C36H63NaO12. The molecule has 0 radical (unpaired) electrons. The molecule has 5 rings (SSSR count). The van der Waals surface area contributed by atoms with Crippen LogP contribution in [-0.2, 0) is 33.2 Å². The van der Waals surface area contributed by atoms with Crippen molar-refractivity contribution in [3.05, 3.63) is 0 Å². The number of aliphatic carboxylic acids is 1. The number of aliphatic hydroxyl groups is 3. The molecule has 280 valence electrons. The van der Waals surface area contributed by atoms with Crippen molar-refractivity contribution >= 4 is 5.97 Å².